The van der Waals surface area contributed by atoms with Crippen molar-refractivity contribution in [3.63, 3.8) is 0 Å². The summed E-state index contributed by atoms with van der Waals surface area (Å²) in [6.45, 7) is 4.57. The summed E-state index contributed by atoms with van der Waals surface area (Å²) in [5, 5.41) is 5.28. The molecule has 0 aromatic carbocycles. The maximum Gasteiger partial charge on any atom is 0.255 e. The number of rotatable bonds is 2. The molecular weight excluding hydrogens is 304 g/mol. The van der Waals surface area contributed by atoms with Crippen molar-refractivity contribution < 1.29 is 9.21 Å². The number of aryl methyl sites for hydroxylation is 3. The van der Waals surface area contributed by atoms with E-state index < -0.39 is 0 Å². The molecule has 0 spiro atoms. The summed E-state index contributed by atoms with van der Waals surface area (Å²) in [6.07, 6.45) is 3.57. The van der Waals surface area contributed by atoms with Gasteiger partial charge in [0.2, 0.25) is 0 Å². The highest BCUT2D eigenvalue weighted by Crippen LogP contribution is 2.34. The van der Waals surface area contributed by atoms with Crippen LogP contribution >= 0.6 is 0 Å². The van der Waals surface area contributed by atoms with E-state index in [1.54, 1.807) is 10.9 Å². The number of aromatic nitrogens is 3. The summed E-state index contributed by atoms with van der Waals surface area (Å²) in [4.78, 5) is 19.8. The summed E-state index contributed by atoms with van der Waals surface area (Å²) >= 11 is 0. The molecule has 0 radical (unpaired) electrons. The smallest absolute Gasteiger partial charge is 0.255 e. The fourth-order valence-electron chi connectivity index (χ4n) is 3.68. The van der Waals surface area contributed by atoms with Gasteiger partial charge >= 0.3 is 0 Å². The van der Waals surface area contributed by atoms with Crippen molar-refractivity contribution in [1.82, 2.24) is 19.7 Å². The average molecular weight is 324 g/mol. The molecule has 24 heavy (non-hydrogen) atoms. The maximum absolute atomic E-state index is 13.3. The lowest BCUT2D eigenvalue weighted by atomic mass is 10.1. The van der Waals surface area contributed by atoms with Crippen LogP contribution < -0.4 is 0 Å². The van der Waals surface area contributed by atoms with E-state index in [9.17, 15) is 4.79 Å². The van der Waals surface area contributed by atoms with Gasteiger partial charge in [0.15, 0.2) is 5.65 Å². The Labute approximate surface area is 140 Å². The van der Waals surface area contributed by atoms with E-state index in [-0.39, 0.29) is 11.9 Å². The molecule has 6 heteroatoms. The SMILES string of the molecule is Cc1cc(C(=O)N2CCCC2c2ccco2)c2c(C)nn(C)c2n1. The first-order chi connectivity index (χ1) is 11.6. The molecule has 1 amide bonds. The van der Waals surface area contributed by atoms with Crippen molar-refractivity contribution in [1.29, 1.82) is 0 Å². The zero-order valence-corrected chi connectivity index (χ0v) is 14.1. The number of hydrogen-bond acceptors (Lipinski definition) is 4. The van der Waals surface area contributed by atoms with Gasteiger partial charge in [-0.2, -0.15) is 5.10 Å². The largest absolute Gasteiger partial charge is 0.467 e. The van der Waals surface area contributed by atoms with E-state index in [0.717, 1.165) is 47.6 Å². The monoisotopic (exact) mass is 324 g/mol. The molecule has 1 unspecified atom stereocenters. The quantitative estimate of drug-likeness (QED) is 0.726. The molecule has 4 rings (SSSR count). The normalized spacial score (nSPS) is 17.8. The van der Waals surface area contributed by atoms with Crippen LogP contribution in [-0.4, -0.2) is 32.1 Å². The zero-order valence-electron chi connectivity index (χ0n) is 14.1. The van der Waals surface area contributed by atoms with Crippen LogP contribution in [0.15, 0.2) is 28.9 Å². The summed E-state index contributed by atoms with van der Waals surface area (Å²) in [5.74, 6) is 0.881. The first-order valence-corrected chi connectivity index (χ1v) is 8.21. The number of amides is 1. The molecule has 6 nitrogen and oxygen atoms in total. The molecular formula is C18H20N4O2. The second kappa shape index (κ2) is 5.47. The van der Waals surface area contributed by atoms with Crippen LogP contribution in [0.4, 0.5) is 0 Å². The molecule has 1 aliphatic rings. The number of carbonyl (C=O) groups is 1. The molecule has 1 aliphatic heterocycles. The van der Waals surface area contributed by atoms with Crippen LogP contribution in [0.5, 0.6) is 0 Å². The summed E-state index contributed by atoms with van der Waals surface area (Å²) < 4.78 is 7.29. The number of fused-ring (bicyclic) bond motifs is 1. The van der Waals surface area contributed by atoms with Gasteiger partial charge in [0.25, 0.3) is 5.91 Å². The third-order valence-electron chi connectivity index (χ3n) is 4.71. The van der Waals surface area contributed by atoms with E-state index in [1.165, 1.54) is 0 Å². The second-order valence-corrected chi connectivity index (χ2v) is 6.39. The lowest BCUT2D eigenvalue weighted by Gasteiger charge is -2.23. The predicted molar refractivity (Wildman–Crippen MR) is 89.7 cm³/mol. The minimum absolute atomic E-state index is 0.00741. The van der Waals surface area contributed by atoms with Gasteiger partial charge in [-0.15, -0.1) is 0 Å². The Morgan fingerprint density at radius 3 is 2.96 bits per heavy atom. The molecule has 3 aromatic rings. The van der Waals surface area contributed by atoms with Crippen molar-refractivity contribution >= 4 is 16.9 Å². The third kappa shape index (κ3) is 2.21. The number of carbonyl (C=O) groups excluding carboxylic acids is 1. The first-order valence-electron chi connectivity index (χ1n) is 8.21. The molecule has 1 atom stereocenters. The molecule has 0 saturated carbocycles. The van der Waals surface area contributed by atoms with Crippen LogP contribution in [0.1, 0.15) is 46.4 Å². The van der Waals surface area contributed by atoms with Gasteiger partial charge in [0.05, 0.1) is 28.9 Å². The van der Waals surface area contributed by atoms with E-state index in [1.807, 2.05) is 44.0 Å². The Kier molecular flexibility index (Phi) is 3.40. The number of hydrogen-bond donors (Lipinski definition) is 0. The average Bonchev–Trinajstić information content (AvgIpc) is 3.27. The predicted octanol–water partition coefficient (Wildman–Crippen LogP) is 3.16. The molecule has 3 aromatic heterocycles. The van der Waals surface area contributed by atoms with Gasteiger partial charge in [0.1, 0.15) is 5.76 Å². The topological polar surface area (TPSA) is 64.2 Å². The van der Waals surface area contributed by atoms with Gasteiger partial charge in [-0.25, -0.2) is 4.98 Å². The van der Waals surface area contributed by atoms with Crippen LogP contribution in [-0.2, 0) is 7.05 Å². The van der Waals surface area contributed by atoms with Crippen molar-refractivity contribution in [2.45, 2.75) is 32.7 Å². The molecule has 1 fully saturated rings. The maximum atomic E-state index is 13.3. The molecule has 1 saturated heterocycles. The van der Waals surface area contributed by atoms with Gasteiger partial charge in [-0.05, 0) is 44.9 Å². The number of nitrogens with zero attached hydrogens (tertiary/aromatic N) is 4. The fourth-order valence-corrected chi connectivity index (χ4v) is 3.68. The lowest BCUT2D eigenvalue weighted by molar-refractivity contribution is 0.0721. The number of likely N-dealkylation sites (tertiary alicyclic amines) is 1. The van der Waals surface area contributed by atoms with Crippen LogP contribution in [0, 0.1) is 13.8 Å². The first kappa shape index (κ1) is 14.9. The molecule has 0 bridgehead atoms. The third-order valence-corrected chi connectivity index (χ3v) is 4.71. The van der Waals surface area contributed by atoms with Crippen molar-refractivity contribution in [2.75, 3.05) is 6.54 Å². The summed E-state index contributed by atoms with van der Waals surface area (Å²) in [5.41, 5.74) is 3.09. The van der Waals surface area contributed by atoms with Crippen molar-refractivity contribution in [3.8, 4) is 0 Å². The van der Waals surface area contributed by atoms with Gasteiger partial charge < -0.3 is 9.32 Å². The van der Waals surface area contributed by atoms with Gasteiger partial charge in [-0.3, -0.25) is 9.48 Å². The van der Waals surface area contributed by atoms with Gasteiger partial charge in [0, 0.05) is 19.3 Å². The Hall–Kier alpha value is -2.63. The number of furan rings is 1. The van der Waals surface area contributed by atoms with E-state index in [0.29, 0.717) is 5.56 Å². The molecule has 0 aliphatic carbocycles. The Bertz CT molecular complexity index is 911. The second-order valence-electron chi connectivity index (χ2n) is 6.39. The van der Waals surface area contributed by atoms with Crippen molar-refractivity contribution in [3.05, 3.63) is 47.2 Å². The minimum Gasteiger partial charge on any atom is -0.467 e. The Morgan fingerprint density at radius 1 is 1.38 bits per heavy atom. The molecule has 0 N–H and O–H groups in total. The van der Waals surface area contributed by atoms with E-state index in [4.69, 9.17) is 4.42 Å². The van der Waals surface area contributed by atoms with Gasteiger partial charge in [-0.1, -0.05) is 0 Å². The van der Waals surface area contributed by atoms with Crippen LogP contribution in [0.2, 0.25) is 0 Å². The molecule has 124 valence electrons. The Morgan fingerprint density at radius 2 is 2.21 bits per heavy atom. The highest BCUT2D eigenvalue weighted by molar-refractivity contribution is 6.06. The zero-order chi connectivity index (χ0) is 16.8. The van der Waals surface area contributed by atoms with Crippen LogP contribution in [0.3, 0.4) is 0 Å². The highest BCUT2D eigenvalue weighted by atomic mass is 16.3. The summed E-state index contributed by atoms with van der Waals surface area (Å²) in [7, 11) is 1.86. The Balaban J connectivity index is 1.81. The standard InChI is InChI=1S/C18H20N4O2/c1-11-10-13(16-12(2)20-21(3)17(16)19-11)18(23)22-8-4-6-14(22)15-7-5-9-24-15/h5,7,9-10,14H,4,6,8H2,1-3H3. The van der Waals surface area contributed by atoms with E-state index in [2.05, 4.69) is 10.1 Å². The fraction of sp³-hybridized carbons (Fsp3) is 0.389. The van der Waals surface area contributed by atoms with E-state index >= 15 is 0 Å². The minimum atomic E-state index is 0.00741. The highest BCUT2D eigenvalue weighted by Gasteiger charge is 2.33. The van der Waals surface area contributed by atoms with Crippen LogP contribution in [0.25, 0.3) is 11.0 Å². The lowest BCUT2D eigenvalue weighted by Crippen LogP contribution is -2.30. The summed E-state index contributed by atoms with van der Waals surface area (Å²) in [6, 6.07) is 5.69. The number of pyridine rings is 1. The molecule has 4 heterocycles. The van der Waals surface area contributed by atoms with Crippen molar-refractivity contribution in [2.24, 2.45) is 7.05 Å².